The molecule has 26 heavy (non-hydrogen) atoms. The molecule has 1 N–H and O–H groups in total. The van der Waals surface area contributed by atoms with Crippen LogP contribution in [-0.2, 0) is 4.79 Å². The fourth-order valence-electron chi connectivity index (χ4n) is 2.07. The van der Waals surface area contributed by atoms with E-state index in [9.17, 15) is 4.79 Å². The van der Waals surface area contributed by atoms with Gasteiger partial charge < -0.3 is 14.2 Å². The Morgan fingerprint density at radius 1 is 1.12 bits per heavy atom. The summed E-state index contributed by atoms with van der Waals surface area (Å²) in [7, 11) is 1.57. The van der Waals surface area contributed by atoms with Crippen molar-refractivity contribution in [3.05, 3.63) is 53.1 Å². The van der Waals surface area contributed by atoms with Crippen LogP contribution in [0, 0.1) is 0 Å². The first-order valence-corrected chi connectivity index (χ1v) is 8.45. The number of methoxy groups -OCH3 is 1. The minimum absolute atomic E-state index is 0.229. The van der Waals surface area contributed by atoms with Crippen LogP contribution in [0.15, 0.2) is 47.6 Å². The van der Waals surface area contributed by atoms with E-state index in [0.717, 1.165) is 5.56 Å². The third kappa shape index (κ3) is 6.29. The van der Waals surface area contributed by atoms with E-state index in [1.54, 1.807) is 25.3 Å². The molecule has 0 aliphatic heterocycles. The smallest absolute Gasteiger partial charge is 0.236 e. The molecule has 0 saturated carbocycles. The predicted octanol–water partition coefficient (Wildman–Crippen LogP) is 3.67. The van der Waals surface area contributed by atoms with Crippen molar-refractivity contribution in [2.75, 3.05) is 20.3 Å². The molecule has 1 amide bonds. The highest BCUT2D eigenvalue weighted by Crippen LogP contribution is 2.28. The van der Waals surface area contributed by atoms with E-state index < -0.39 is 0 Å². The topological polar surface area (TPSA) is 69.2 Å². The number of halogens is 1. The largest absolute Gasteiger partial charge is 0.493 e. The Labute approximate surface area is 157 Å². The van der Waals surface area contributed by atoms with Crippen molar-refractivity contribution in [3.63, 3.8) is 0 Å². The van der Waals surface area contributed by atoms with Crippen LogP contribution in [-0.4, -0.2) is 32.4 Å². The molecular weight excluding hydrogens is 356 g/mol. The number of hydrazone groups is 1. The summed E-state index contributed by atoms with van der Waals surface area (Å²) in [6.07, 6.45) is 2.23. The second-order valence-corrected chi connectivity index (χ2v) is 5.72. The fourth-order valence-corrected chi connectivity index (χ4v) is 2.26. The lowest BCUT2D eigenvalue weighted by atomic mass is 10.2. The molecule has 0 saturated heterocycles. The number of ether oxygens (including phenoxy) is 3. The molecule has 0 aliphatic rings. The molecule has 0 fully saturated rings. The zero-order valence-corrected chi connectivity index (χ0v) is 15.5. The van der Waals surface area contributed by atoms with Gasteiger partial charge in [0.05, 0.1) is 31.6 Å². The lowest BCUT2D eigenvalue weighted by Crippen LogP contribution is -2.12. The summed E-state index contributed by atoms with van der Waals surface area (Å²) in [5, 5.41) is 4.41. The standard InChI is InChI=1S/C19H21ClN2O4/c1-14(23)22-21-13-15-8-9-18(19(12-15)24-2)26-11-5-10-25-17-7-4-3-6-16(17)20/h3-4,6-9,12-13H,5,10-11H2,1-2H3,(H,22,23)/b21-13+. The molecule has 6 nitrogen and oxygen atoms in total. The van der Waals surface area contributed by atoms with Crippen molar-refractivity contribution >= 4 is 23.7 Å². The second kappa shape index (κ2) is 10.3. The van der Waals surface area contributed by atoms with Gasteiger partial charge in [-0.15, -0.1) is 0 Å². The number of carbonyl (C=O) groups is 1. The molecule has 0 aliphatic carbocycles. The van der Waals surface area contributed by atoms with Crippen molar-refractivity contribution in [2.24, 2.45) is 5.10 Å². The molecule has 0 bridgehead atoms. The summed E-state index contributed by atoms with van der Waals surface area (Å²) < 4.78 is 16.7. The van der Waals surface area contributed by atoms with Gasteiger partial charge in [-0.2, -0.15) is 5.10 Å². The number of hydrogen-bond donors (Lipinski definition) is 1. The molecule has 0 spiro atoms. The molecule has 2 aromatic carbocycles. The van der Waals surface area contributed by atoms with E-state index in [1.807, 2.05) is 24.3 Å². The highest BCUT2D eigenvalue weighted by Gasteiger charge is 2.06. The van der Waals surface area contributed by atoms with Gasteiger partial charge in [-0.1, -0.05) is 23.7 Å². The van der Waals surface area contributed by atoms with E-state index in [4.69, 9.17) is 25.8 Å². The summed E-state index contributed by atoms with van der Waals surface area (Å²) in [5.41, 5.74) is 3.13. The van der Waals surface area contributed by atoms with Crippen molar-refractivity contribution in [3.8, 4) is 17.2 Å². The number of para-hydroxylation sites is 1. The lowest BCUT2D eigenvalue weighted by Gasteiger charge is -2.12. The molecule has 0 heterocycles. The Hall–Kier alpha value is -2.73. The Kier molecular flexibility index (Phi) is 7.76. The van der Waals surface area contributed by atoms with Gasteiger partial charge in [0.25, 0.3) is 0 Å². The number of carbonyl (C=O) groups excluding carboxylic acids is 1. The summed E-state index contributed by atoms with van der Waals surface area (Å²) in [6.45, 7) is 2.36. The Bertz CT molecular complexity index is 765. The molecule has 7 heteroatoms. The van der Waals surface area contributed by atoms with Crippen LogP contribution in [0.4, 0.5) is 0 Å². The third-order valence-electron chi connectivity index (χ3n) is 3.26. The maximum absolute atomic E-state index is 10.8. The maximum atomic E-state index is 10.8. The minimum atomic E-state index is -0.229. The Morgan fingerprint density at radius 3 is 2.54 bits per heavy atom. The molecule has 0 aromatic heterocycles. The molecule has 0 radical (unpaired) electrons. The average molecular weight is 377 g/mol. The van der Waals surface area contributed by atoms with Crippen LogP contribution in [0.1, 0.15) is 18.9 Å². The van der Waals surface area contributed by atoms with Crippen LogP contribution in [0.25, 0.3) is 0 Å². The molecule has 2 aromatic rings. The summed E-state index contributed by atoms with van der Waals surface area (Å²) in [5.74, 6) is 1.65. The Morgan fingerprint density at radius 2 is 1.85 bits per heavy atom. The highest BCUT2D eigenvalue weighted by atomic mass is 35.5. The molecule has 0 unspecified atom stereocenters. The van der Waals surface area contributed by atoms with Gasteiger partial charge in [-0.25, -0.2) is 5.43 Å². The minimum Gasteiger partial charge on any atom is -0.493 e. The van der Waals surface area contributed by atoms with Gasteiger partial charge >= 0.3 is 0 Å². The maximum Gasteiger partial charge on any atom is 0.236 e. The van der Waals surface area contributed by atoms with E-state index in [0.29, 0.717) is 41.9 Å². The van der Waals surface area contributed by atoms with Gasteiger partial charge in [-0.3, -0.25) is 4.79 Å². The van der Waals surface area contributed by atoms with Crippen molar-refractivity contribution < 1.29 is 19.0 Å². The molecular formula is C19H21ClN2O4. The normalized spacial score (nSPS) is 10.6. The van der Waals surface area contributed by atoms with Crippen LogP contribution < -0.4 is 19.6 Å². The van der Waals surface area contributed by atoms with Crippen LogP contribution in [0.2, 0.25) is 5.02 Å². The first-order chi connectivity index (χ1) is 12.6. The lowest BCUT2D eigenvalue weighted by molar-refractivity contribution is -0.118. The quantitative estimate of drug-likeness (QED) is 0.412. The second-order valence-electron chi connectivity index (χ2n) is 5.32. The van der Waals surface area contributed by atoms with Gasteiger partial charge in [0.1, 0.15) is 5.75 Å². The third-order valence-corrected chi connectivity index (χ3v) is 3.58. The van der Waals surface area contributed by atoms with E-state index in [2.05, 4.69) is 10.5 Å². The van der Waals surface area contributed by atoms with Crippen molar-refractivity contribution in [1.82, 2.24) is 5.43 Å². The van der Waals surface area contributed by atoms with Crippen LogP contribution in [0.3, 0.4) is 0 Å². The number of nitrogens with one attached hydrogen (secondary N) is 1. The first-order valence-electron chi connectivity index (χ1n) is 8.08. The monoisotopic (exact) mass is 376 g/mol. The zero-order valence-electron chi connectivity index (χ0n) is 14.7. The zero-order chi connectivity index (χ0) is 18.8. The summed E-state index contributed by atoms with van der Waals surface area (Å²) in [6, 6.07) is 12.7. The molecule has 0 atom stereocenters. The number of hydrogen-bond acceptors (Lipinski definition) is 5. The Balaban J connectivity index is 1.82. The van der Waals surface area contributed by atoms with Crippen molar-refractivity contribution in [2.45, 2.75) is 13.3 Å². The van der Waals surface area contributed by atoms with E-state index >= 15 is 0 Å². The molecule has 138 valence electrons. The van der Waals surface area contributed by atoms with Gasteiger partial charge in [0.2, 0.25) is 5.91 Å². The predicted molar refractivity (Wildman–Crippen MR) is 101 cm³/mol. The molecule has 2 rings (SSSR count). The highest BCUT2D eigenvalue weighted by molar-refractivity contribution is 6.32. The average Bonchev–Trinajstić information content (AvgIpc) is 2.63. The van der Waals surface area contributed by atoms with Gasteiger partial charge in [0, 0.05) is 13.3 Å². The van der Waals surface area contributed by atoms with Crippen LogP contribution in [0.5, 0.6) is 17.2 Å². The first kappa shape index (κ1) is 19.6. The number of benzene rings is 2. The number of amides is 1. The number of rotatable bonds is 9. The van der Waals surface area contributed by atoms with Crippen molar-refractivity contribution in [1.29, 1.82) is 0 Å². The summed E-state index contributed by atoms with van der Waals surface area (Å²) >= 11 is 6.03. The SMILES string of the molecule is COc1cc(/C=N/NC(C)=O)ccc1OCCCOc1ccccc1Cl. The summed E-state index contributed by atoms with van der Waals surface area (Å²) in [4.78, 5) is 10.8. The number of nitrogens with zero attached hydrogens (tertiary/aromatic N) is 1. The van der Waals surface area contributed by atoms with Gasteiger partial charge in [0.15, 0.2) is 11.5 Å². The van der Waals surface area contributed by atoms with Crippen LogP contribution >= 0.6 is 11.6 Å². The van der Waals surface area contributed by atoms with E-state index in [-0.39, 0.29) is 5.91 Å². The van der Waals surface area contributed by atoms with Gasteiger partial charge in [-0.05, 0) is 35.9 Å². The van der Waals surface area contributed by atoms with E-state index in [1.165, 1.54) is 13.1 Å². The fraction of sp³-hybridized carbons (Fsp3) is 0.263.